The molecule has 0 aromatic carbocycles. The number of nitrogens with one attached hydrogen (secondary N) is 1. The highest BCUT2D eigenvalue weighted by atomic mass is 16.2. The third-order valence-electron chi connectivity index (χ3n) is 4.14. The van der Waals surface area contributed by atoms with Crippen molar-refractivity contribution in [1.82, 2.24) is 10.2 Å². The smallest absolute Gasteiger partial charge is 0.222 e. The van der Waals surface area contributed by atoms with Crippen molar-refractivity contribution < 1.29 is 4.79 Å². The fourth-order valence-corrected chi connectivity index (χ4v) is 2.59. The molecule has 0 radical (unpaired) electrons. The van der Waals surface area contributed by atoms with Crippen molar-refractivity contribution in [3.63, 3.8) is 0 Å². The summed E-state index contributed by atoms with van der Waals surface area (Å²) in [5.41, 5.74) is 0. The topological polar surface area (TPSA) is 32.3 Å². The Hall–Kier alpha value is -0.570. The molecule has 16 heavy (non-hydrogen) atoms. The molecule has 0 bridgehead atoms. The second kappa shape index (κ2) is 5.17. The van der Waals surface area contributed by atoms with Crippen LogP contribution in [0.5, 0.6) is 0 Å². The van der Waals surface area contributed by atoms with E-state index >= 15 is 0 Å². The lowest BCUT2D eigenvalue weighted by molar-refractivity contribution is -0.130. The Balaban J connectivity index is 1.62. The van der Waals surface area contributed by atoms with Crippen LogP contribution < -0.4 is 5.32 Å². The highest BCUT2D eigenvalue weighted by molar-refractivity contribution is 5.75. The lowest BCUT2D eigenvalue weighted by atomic mass is 10.0. The molecule has 1 heterocycles. The summed E-state index contributed by atoms with van der Waals surface area (Å²) in [6.45, 7) is 5.49. The molecule has 1 saturated heterocycles. The molecule has 2 fully saturated rings. The maximum absolute atomic E-state index is 11.9. The third kappa shape index (κ3) is 3.21. The monoisotopic (exact) mass is 224 g/mol. The number of amides is 1. The van der Waals surface area contributed by atoms with Crippen LogP contribution in [0.1, 0.15) is 32.6 Å². The van der Waals surface area contributed by atoms with Crippen LogP contribution in [0.4, 0.5) is 0 Å². The number of rotatable bonds is 5. The van der Waals surface area contributed by atoms with E-state index in [9.17, 15) is 4.79 Å². The number of hydrogen-bond donors (Lipinski definition) is 1. The number of hydrogen-bond acceptors (Lipinski definition) is 2. The summed E-state index contributed by atoms with van der Waals surface area (Å²) in [5.74, 6) is 2.69. The lowest BCUT2D eigenvalue weighted by Gasteiger charge is -2.18. The molecule has 1 aliphatic heterocycles. The Morgan fingerprint density at radius 3 is 2.81 bits per heavy atom. The van der Waals surface area contributed by atoms with Crippen molar-refractivity contribution in [1.29, 1.82) is 0 Å². The molecule has 1 amide bonds. The quantitative estimate of drug-likeness (QED) is 0.767. The molecule has 1 N–H and O–H groups in total. The molecule has 1 aliphatic carbocycles. The van der Waals surface area contributed by atoms with Gasteiger partial charge in [0.2, 0.25) is 5.91 Å². The van der Waals surface area contributed by atoms with Crippen molar-refractivity contribution in [3.8, 4) is 0 Å². The third-order valence-corrected chi connectivity index (χ3v) is 4.14. The average Bonchev–Trinajstić information content (AvgIpc) is 2.78. The number of carbonyl (C=O) groups is 1. The highest BCUT2D eigenvalue weighted by Gasteiger charge is 2.34. The zero-order valence-electron chi connectivity index (χ0n) is 10.5. The van der Waals surface area contributed by atoms with Crippen molar-refractivity contribution >= 4 is 5.91 Å². The van der Waals surface area contributed by atoms with Gasteiger partial charge in [-0.3, -0.25) is 4.79 Å². The zero-order chi connectivity index (χ0) is 11.5. The second-order valence-electron chi connectivity index (χ2n) is 5.64. The van der Waals surface area contributed by atoms with Gasteiger partial charge >= 0.3 is 0 Å². The van der Waals surface area contributed by atoms with E-state index in [1.807, 2.05) is 11.9 Å². The van der Waals surface area contributed by atoms with Gasteiger partial charge in [0.1, 0.15) is 0 Å². The van der Waals surface area contributed by atoms with E-state index in [0.717, 1.165) is 50.2 Å². The van der Waals surface area contributed by atoms with Crippen molar-refractivity contribution in [2.45, 2.75) is 32.6 Å². The minimum absolute atomic E-state index is 0.339. The molecular weight excluding hydrogens is 200 g/mol. The van der Waals surface area contributed by atoms with Crippen LogP contribution >= 0.6 is 0 Å². The standard InChI is InChI=1S/C13H24N2O/c1-10-7-12(10)9-15(2)13(16)4-3-11-5-6-14-8-11/h10-12,14H,3-9H2,1-2H3. The van der Waals surface area contributed by atoms with Gasteiger partial charge in [-0.05, 0) is 50.1 Å². The van der Waals surface area contributed by atoms with Gasteiger partial charge in [-0.25, -0.2) is 0 Å². The van der Waals surface area contributed by atoms with E-state index in [1.165, 1.54) is 12.8 Å². The van der Waals surface area contributed by atoms with Gasteiger partial charge < -0.3 is 10.2 Å². The molecule has 3 heteroatoms. The first-order valence-electron chi connectivity index (χ1n) is 6.61. The average molecular weight is 224 g/mol. The molecule has 0 aromatic heterocycles. The van der Waals surface area contributed by atoms with Gasteiger partial charge in [-0.15, -0.1) is 0 Å². The molecule has 3 nitrogen and oxygen atoms in total. The Morgan fingerprint density at radius 2 is 2.25 bits per heavy atom. The summed E-state index contributed by atoms with van der Waals surface area (Å²) in [6, 6.07) is 0. The predicted molar refractivity (Wildman–Crippen MR) is 65.1 cm³/mol. The molecule has 2 aliphatic rings. The Bertz CT molecular complexity index is 248. The molecule has 2 rings (SSSR count). The largest absolute Gasteiger partial charge is 0.345 e. The molecular formula is C13H24N2O. The van der Waals surface area contributed by atoms with Crippen LogP contribution in [0.15, 0.2) is 0 Å². The van der Waals surface area contributed by atoms with E-state index in [0.29, 0.717) is 5.91 Å². The summed E-state index contributed by atoms with van der Waals surface area (Å²) >= 11 is 0. The van der Waals surface area contributed by atoms with Crippen molar-refractivity contribution in [2.24, 2.45) is 17.8 Å². The Labute approximate surface area is 98.6 Å². The summed E-state index contributed by atoms with van der Waals surface area (Å²) in [7, 11) is 1.96. The molecule has 0 aromatic rings. The van der Waals surface area contributed by atoms with Crippen LogP contribution in [-0.4, -0.2) is 37.5 Å². The van der Waals surface area contributed by atoms with Crippen LogP contribution in [-0.2, 0) is 4.79 Å². The molecule has 1 saturated carbocycles. The zero-order valence-corrected chi connectivity index (χ0v) is 10.5. The minimum atomic E-state index is 0.339. The van der Waals surface area contributed by atoms with E-state index in [2.05, 4.69) is 12.2 Å². The van der Waals surface area contributed by atoms with Gasteiger partial charge in [-0.1, -0.05) is 6.92 Å². The summed E-state index contributed by atoms with van der Waals surface area (Å²) < 4.78 is 0. The molecule has 3 atom stereocenters. The number of carbonyl (C=O) groups excluding carboxylic acids is 1. The maximum atomic E-state index is 11.9. The fourth-order valence-electron chi connectivity index (χ4n) is 2.59. The molecule has 92 valence electrons. The Morgan fingerprint density at radius 1 is 1.50 bits per heavy atom. The second-order valence-corrected chi connectivity index (χ2v) is 5.64. The maximum Gasteiger partial charge on any atom is 0.222 e. The molecule has 0 spiro atoms. The predicted octanol–water partition coefficient (Wildman–Crippen LogP) is 1.49. The van der Waals surface area contributed by atoms with Gasteiger partial charge in [0.05, 0.1) is 0 Å². The van der Waals surface area contributed by atoms with E-state index < -0.39 is 0 Å². The van der Waals surface area contributed by atoms with Crippen molar-refractivity contribution in [3.05, 3.63) is 0 Å². The van der Waals surface area contributed by atoms with Crippen LogP contribution in [0.3, 0.4) is 0 Å². The SMILES string of the molecule is CC1CC1CN(C)C(=O)CCC1CCNC1. The van der Waals surface area contributed by atoms with E-state index in [-0.39, 0.29) is 0 Å². The first kappa shape index (κ1) is 11.9. The minimum Gasteiger partial charge on any atom is -0.345 e. The van der Waals surface area contributed by atoms with Crippen LogP contribution in [0, 0.1) is 17.8 Å². The highest BCUT2D eigenvalue weighted by Crippen LogP contribution is 2.38. The van der Waals surface area contributed by atoms with Gasteiger partial charge in [0, 0.05) is 20.0 Å². The molecule has 3 unspecified atom stereocenters. The van der Waals surface area contributed by atoms with Gasteiger partial charge in [0.15, 0.2) is 0 Å². The van der Waals surface area contributed by atoms with Crippen LogP contribution in [0.2, 0.25) is 0 Å². The van der Waals surface area contributed by atoms with E-state index in [4.69, 9.17) is 0 Å². The van der Waals surface area contributed by atoms with Gasteiger partial charge in [-0.2, -0.15) is 0 Å². The van der Waals surface area contributed by atoms with Crippen molar-refractivity contribution in [2.75, 3.05) is 26.7 Å². The Kier molecular flexibility index (Phi) is 3.85. The normalized spacial score (nSPS) is 32.8. The summed E-state index contributed by atoms with van der Waals surface area (Å²) in [5, 5.41) is 3.35. The number of nitrogens with zero attached hydrogens (tertiary/aromatic N) is 1. The van der Waals surface area contributed by atoms with Gasteiger partial charge in [0.25, 0.3) is 0 Å². The van der Waals surface area contributed by atoms with E-state index in [1.54, 1.807) is 0 Å². The lowest BCUT2D eigenvalue weighted by Crippen LogP contribution is -2.29. The first-order chi connectivity index (χ1) is 7.66. The summed E-state index contributed by atoms with van der Waals surface area (Å²) in [6.07, 6.45) is 4.36. The van der Waals surface area contributed by atoms with Crippen LogP contribution in [0.25, 0.3) is 0 Å². The fraction of sp³-hybridized carbons (Fsp3) is 0.923. The first-order valence-corrected chi connectivity index (χ1v) is 6.61. The summed E-state index contributed by atoms with van der Waals surface area (Å²) in [4.78, 5) is 13.8.